The molecule has 90 valence electrons. The summed E-state index contributed by atoms with van der Waals surface area (Å²) in [7, 11) is 0. The van der Waals surface area contributed by atoms with Gasteiger partial charge >= 0.3 is 0 Å². The lowest BCUT2D eigenvalue weighted by Gasteiger charge is -2.31. The van der Waals surface area contributed by atoms with Crippen LogP contribution in [0.15, 0.2) is 0 Å². The SMILES string of the molecule is CCCCCN(C(C)C)C(C)C(=O)CC. The van der Waals surface area contributed by atoms with Gasteiger partial charge in [-0.05, 0) is 33.7 Å². The van der Waals surface area contributed by atoms with Crippen LogP contribution >= 0.6 is 0 Å². The fraction of sp³-hybridized carbons (Fsp3) is 0.923. The lowest BCUT2D eigenvalue weighted by molar-refractivity contribution is -0.124. The maximum Gasteiger partial charge on any atom is 0.149 e. The van der Waals surface area contributed by atoms with Crippen molar-refractivity contribution in [3.63, 3.8) is 0 Å². The summed E-state index contributed by atoms with van der Waals surface area (Å²) in [6.45, 7) is 11.6. The Kier molecular flexibility index (Phi) is 7.67. The van der Waals surface area contributed by atoms with Crippen LogP contribution < -0.4 is 0 Å². The van der Waals surface area contributed by atoms with E-state index in [1.807, 2.05) is 13.8 Å². The van der Waals surface area contributed by atoms with Gasteiger partial charge in [0.1, 0.15) is 5.78 Å². The van der Waals surface area contributed by atoms with Crippen LogP contribution in [0.3, 0.4) is 0 Å². The van der Waals surface area contributed by atoms with Crippen LogP contribution in [0.1, 0.15) is 60.3 Å². The number of carbonyl (C=O) groups excluding carboxylic acids is 1. The van der Waals surface area contributed by atoms with E-state index in [4.69, 9.17) is 0 Å². The topological polar surface area (TPSA) is 20.3 Å². The number of rotatable bonds is 8. The molecule has 2 heteroatoms. The van der Waals surface area contributed by atoms with Gasteiger partial charge < -0.3 is 0 Å². The van der Waals surface area contributed by atoms with Crippen LogP contribution in [0, 0.1) is 0 Å². The first-order valence-electron chi connectivity index (χ1n) is 6.33. The molecule has 2 nitrogen and oxygen atoms in total. The molecule has 0 saturated heterocycles. The first kappa shape index (κ1) is 14.6. The molecule has 0 rings (SSSR count). The lowest BCUT2D eigenvalue weighted by atomic mass is 10.1. The average Bonchev–Trinajstić information content (AvgIpc) is 2.22. The molecule has 0 aromatic carbocycles. The van der Waals surface area contributed by atoms with Gasteiger partial charge in [-0.1, -0.05) is 26.7 Å². The Balaban J connectivity index is 4.19. The quantitative estimate of drug-likeness (QED) is 0.577. The third-order valence-corrected chi connectivity index (χ3v) is 3.00. The zero-order valence-corrected chi connectivity index (χ0v) is 11.0. The van der Waals surface area contributed by atoms with Crippen molar-refractivity contribution in [3.8, 4) is 0 Å². The highest BCUT2D eigenvalue weighted by Crippen LogP contribution is 2.10. The van der Waals surface area contributed by atoms with Crippen molar-refractivity contribution in [3.05, 3.63) is 0 Å². The van der Waals surface area contributed by atoms with Crippen molar-refractivity contribution in [2.45, 2.75) is 72.4 Å². The van der Waals surface area contributed by atoms with Crippen LogP contribution in [0.4, 0.5) is 0 Å². The minimum atomic E-state index is 0.0897. The summed E-state index contributed by atoms with van der Waals surface area (Å²) in [5, 5.41) is 0. The molecule has 0 aromatic rings. The maximum atomic E-state index is 11.6. The summed E-state index contributed by atoms with van der Waals surface area (Å²) in [4.78, 5) is 14.0. The minimum absolute atomic E-state index is 0.0897. The van der Waals surface area contributed by atoms with E-state index in [2.05, 4.69) is 25.7 Å². The molecule has 0 fully saturated rings. The molecular weight excluding hydrogens is 186 g/mol. The van der Waals surface area contributed by atoms with Gasteiger partial charge in [0.05, 0.1) is 6.04 Å². The van der Waals surface area contributed by atoms with Crippen molar-refractivity contribution >= 4 is 5.78 Å². The van der Waals surface area contributed by atoms with E-state index < -0.39 is 0 Å². The second-order valence-electron chi connectivity index (χ2n) is 4.53. The molecule has 0 N–H and O–H groups in total. The van der Waals surface area contributed by atoms with E-state index in [-0.39, 0.29) is 6.04 Å². The van der Waals surface area contributed by atoms with Crippen molar-refractivity contribution < 1.29 is 4.79 Å². The van der Waals surface area contributed by atoms with Gasteiger partial charge in [0.15, 0.2) is 0 Å². The molecule has 15 heavy (non-hydrogen) atoms. The molecule has 0 aliphatic rings. The summed E-state index contributed by atoms with van der Waals surface area (Å²) in [6.07, 6.45) is 4.35. The van der Waals surface area contributed by atoms with E-state index in [0.29, 0.717) is 18.2 Å². The van der Waals surface area contributed by atoms with Gasteiger partial charge in [-0.25, -0.2) is 0 Å². The van der Waals surface area contributed by atoms with Crippen LogP contribution in [0.2, 0.25) is 0 Å². The second-order valence-corrected chi connectivity index (χ2v) is 4.53. The zero-order valence-electron chi connectivity index (χ0n) is 11.0. The summed E-state index contributed by atoms with van der Waals surface area (Å²) in [6, 6.07) is 0.555. The molecule has 0 aliphatic carbocycles. The Morgan fingerprint density at radius 3 is 2.13 bits per heavy atom. The second kappa shape index (κ2) is 7.86. The molecule has 0 aromatic heterocycles. The third kappa shape index (κ3) is 5.31. The number of nitrogens with zero attached hydrogens (tertiary/aromatic N) is 1. The van der Waals surface area contributed by atoms with Gasteiger partial charge in [0, 0.05) is 12.5 Å². The Morgan fingerprint density at radius 1 is 1.13 bits per heavy atom. The number of carbonyl (C=O) groups is 1. The Labute approximate surface area is 95.0 Å². The fourth-order valence-electron chi connectivity index (χ4n) is 1.92. The molecule has 0 heterocycles. The summed E-state index contributed by atoms with van der Waals surface area (Å²) < 4.78 is 0. The largest absolute Gasteiger partial charge is 0.298 e. The van der Waals surface area contributed by atoms with E-state index in [9.17, 15) is 4.79 Å². The number of hydrogen-bond donors (Lipinski definition) is 0. The highest BCUT2D eigenvalue weighted by molar-refractivity contribution is 5.83. The highest BCUT2D eigenvalue weighted by Gasteiger charge is 2.21. The van der Waals surface area contributed by atoms with Gasteiger partial charge in [-0.2, -0.15) is 0 Å². The smallest absolute Gasteiger partial charge is 0.149 e. The van der Waals surface area contributed by atoms with Crippen LogP contribution in [-0.4, -0.2) is 29.3 Å². The minimum Gasteiger partial charge on any atom is -0.298 e. The van der Waals surface area contributed by atoms with Gasteiger partial charge in [-0.3, -0.25) is 9.69 Å². The zero-order chi connectivity index (χ0) is 11.8. The summed E-state index contributed by atoms with van der Waals surface area (Å²) in [5.74, 6) is 0.361. The molecule has 0 amide bonds. The van der Waals surface area contributed by atoms with Gasteiger partial charge in [0.2, 0.25) is 0 Å². The fourth-order valence-corrected chi connectivity index (χ4v) is 1.92. The predicted octanol–water partition coefficient (Wildman–Crippen LogP) is 3.25. The summed E-state index contributed by atoms with van der Waals surface area (Å²) >= 11 is 0. The standard InChI is InChI=1S/C13H27NO/c1-6-8-9-10-14(11(3)4)12(5)13(15)7-2/h11-12H,6-10H2,1-5H3. The number of ketones is 1. The van der Waals surface area contributed by atoms with E-state index in [1.165, 1.54) is 19.3 Å². The van der Waals surface area contributed by atoms with Crippen molar-refractivity contribution in [2.75, 3.05) is 6.54 Å². The molecule has 0 radical (unpaired) electrons. The predicted molar refractivity (Wildman–Crippen MR) is 66.1 cm³/mol. The monoisotopic (exact) mass is 213 g/mol. The third-order valence-electron chi connectivity index (χ3n) is 3.00. The Bertz CT molecular complexity index is 177. The normalized spacial score (nSPS) is 13.5. The maximum absolute atomic E-state index is 11.6. The van der Waals surface area contributed by atoms with E-state index >= 15 is 0 Å². The van der Waals surface area contributed by atoms with Crippen molar-refractivity contribution in [2.24, 2.45) is 0 Å². The van der Waals surface area contributed by atoms with E-state index in [0.717, 1.165) is 6.54 Å². The molecule has 1 unspecified atom stereocenters. The van der Waals surface area contributed by atoms with Crippen LogP contribution in [0.5, 0.6) is 0 Å². The van der Waals surface area contributed by atoms with Crippen LogP contribution in [-0.2, 0) is 4.79 Å². The van der Waals surface area contributed by atoms with Crippen LogP contribution in [0.25, 0.3) is 0 Å². The molecular formula is C13H27NO. The first-order chi connectivity index (χ1) is 7.04. The number of unbranched alkanes of at least 4 members (excludes halogenated alkanes) is 2. The van der Waals surface area contributed by atoms with Gasteiger partial charge in [0.25, 0.3) is 0 Å². The number of hydrogen-bond acceptors (Lipinski definition) is 2. The Morgan fingerprint density at radius 2 is 1.73 bits per heavy atom. The molecule has 1 atom stereocenters. The molecule has 0 bridgehead atoms. The van der Waals surface area contributed by atoms with Gasteiger partial charge in [-0.15, -0.1) is 0 Å². The Hall–Kier alpha value is -0.370. The van der Waals surface area contributed by atoms with Crippen molar-refractivity contribution in [1.82, 2.24) is 4.90 Å². The van der Waals surface area contributed by atoms with E-state index in [1.54, 1.807) is 0 Å². The molecule has 0 saturated carbocycles. The van der Waals surface area contributed by atoms with Crippen molar-refractivity contribution in [1.29, 1.82) is 0 Å². The number of Topliss-reactive ketones (excluding diaryl/α,β-unsaturated/α-hetero) is 1. The lowest BCUT2D eigenvalue weighted by Crippen LogP contribution is -2.43. The average molecular weight is 213 g/mol. The molecule has 0 spiro atoms. The molecule has 0 aliphatic heterocycles. The highest BCUT2D eigenvalue weighted by atomic mass is 16.1. The first-order valence-corrected chi connectivity index (χ1v) is 6.33. The summed E-state index contributed by atoms with van der Waals surface area (Å²) in [5.41, 5.74) is 0.